The lowest BCUT2D eigenvalue weighted by Crippen LogP contribution is -2.20. The summed E-state index contributed by atoms with van der Waals surface area (Å²) in [5.41, 5.74) is 20.0. The van der Waals surface area contributed by atoms with Crippen LogP contribution in [0.4, 0.5) is 11.4 Å². The van der Waals surface area contributed by atoms with Gasteiger partial charge in [0.25, 0.3) is 0 Å². The van der Waals surface area contributed by atoms with Gasteiger partial charge in [-0.2, -0.15) is 0 Å². The van der Waals surface area contributed by atoms with Crippen LogP contribution in [-0.4, -0.2) is 0 Å². The highest BCUT2D eigenvalue weighted by Crippen LogP contribution is 2.50. The number of benzene rings is 7. The van der Waals surface area contributed by atoms with Crippen LogP contribution in [0.1, 0.15) is 60.1 Å². The average Bonchev–Trinajstić information content (AvgIpc) is 3.50. The molecule has 0 fully saturated rings. The summed E-state index contributed by atoms with van der Waals surface area (Å²) in [6.07, 6.45) is 8.42. The van der Waals surface area contributed by atoms with Gasteiger partial charge in [-0.25, -0.2) is 0 Å². The van der Waals surface area contributed by atoms with Gasteiger partial charge < -0.3 is 9.64 Å². The monoisotopic (exact) mass is 737 g/mol. The number of nitrogens with zero attached hydrogens (tertiary/aromatic N) is 1. The van der Waals surface area contributed by atoms with Crippen molar-refractivity contribution < 1.29 is 4.74 Å². The van der Waals surface area contributed by atoms with Crippen molar-refractivity contribution in [3.8, 4) is 33.4 Å². The Morgan fingerprint density at radius 2 is 1.18 bits per heavy atom. The Labute approximate surface area is 337 Å². The van der Waals surface area contributed by atoms with E-state index in [1.165, 1.54) is 78.3 Å². The summed E-state index contributed by atoms with van der Waals surface area (Å²) in [6.45, 7) is 9.71. The molecule has 2 nitrogen and oxygen atoms in total. The molecule has 0 saturated carbocycles. The lowest BCUT2D eigenvalue weighted by atomic mass is 9.82. The van der Waals surface area contributed by atoms with Crippen LogP contribution < -0.4 is 4.90 Å². The van der Waals surface area contributed by atoms with E-state index >= 15 is 0 Å². The number of rotatable bonds is 11. The summed E-state index contributed by atoms with van der Waals surface area (Å²) >= 11 is 0. The maximum atomic E-state index is 6.11. The molecular weight excluding hydrogens is 691 g/mol. The van der Waals surface area contributed by atoms with Gasteiger partial charge in [0.15, 0.2) is 0 Å². The third-order valence-electron chi connectivity index (χ3n) is 11.7. The molecule has 0 bridgehead atoms. The van der Waals surface area contributed by atoms with E-state index in [1.807, 2.05) is 6.08 Å². The lowest BCUT2D eigenvalue weighted by molar-refractivity contribution is 0.107. The van der Waals surface area contributed by atoms with Crippen LogP contribution in [-0.2, 0) is 23.4 Å². The molecule has 0 unspecified atom stereocenters. The fourth-order valence-corrected chi connectivity index (χ4v) is 8.57. The fraction of sp³-hybridized carbons (Fsp3) is 0.127. The van der Waals surface area contributed by atoms with Gasteiger partial charge in [-0.05, 0) is 128 Å². The number of ether oxygens (including phenoxy) is 1. The molecule has 0 N–H and O–H groups in total. The molecule has 9 rings (SSSR count). The van der Waals surface area contributed by atoms with Crippen molar-refractivity contribution in [1.29, 1.82) is 0 Å². The molecule has 0 spiro atoms. The van der Waals surface area contributed by atoms with Crippen LogP contribution >= 0.6 is 0 Å². The van der Waals surface area contributed by atoms with E-state index in [1.54, 1.807) is 0 Å². The average molecular weight is 738 g/mol. The molecule has 0 radical (unpaired) electrons. The number of hydrogen-bond acceptors (Lipinski definition) is 2. The summed E-state index contributed by atoms with van der Waals surface area (Å²) in [5, 5.41) is 0. The van der Waals surface area contributed by atoms with E-state index in [4.69, 9.17) is 4.74 Å². The summed E-state index contributed by atoms with van der Waals surface area (Å²) in [5.74, 6) is 0. The maximum absolute atomic E-state index is 6.11. The molecule has 2 aliphatic rings. The van der Waals surface area contributed by atoms with E-state index in [-0.39, 0.29) is 5.41 Å². The van der Waals surface area contributed by atoms with Crippen molar-refractivity contribution in [3.63, 3.8) is 0 Å². The first kappa shape index (κ1) is 36.2. The highest BCUT2D eigenvalue weighted by atomic mass is 16.5. The number of allylic oxidation sites excluding steroid dienone is 4. The van der Waals surface area contributed by atoms with Crippen molar-refractivity contribution in [2.75, 3.05) is 4.90 Å². The molecule has 7 aromatic rings. The minimum atomic E-state index is -0.0747. The van der Waals surface area contributed by atoms with Crippen molar-refractivity contribution in [2.24, 2.45) is 0 Å². The van der Waals surface area contributed by atoms with E-state index in [9.17, 15) is 0 Å². The Hall–Kier alpha value is -6.48. The van der Waals surface area contributed by atoms with Crippen molar-refractivity contribution in [2.45, 2.75) is 45.3 Å². The molecule has 0 amide bonds. The minimum absolute atomic E-state index is 0.0747. The third-order valence-corrected chi connectivity index (χ3v) is 11.7. The first-order valence-electron chi connectivity index (χ1n) is 20.0. The SMILES string of the molecule is C=Cc1ccc(COCc2cccc(-c3cccc(C4=CC=C(N(c5ccc(-c6ccccc6)cc5)c5ccc6c(c5)C(C)(C)c5ccccc5-6)CC4)c3)c2)cc1. The summed E-state index contributed by atoms with van der Waals surface area (Å²) in [6, 6.07) is 61.7. The van der Waals surface area contributed by atoms with Crippen LogP contribution in [0, 0.1) is 0 Å². The largest absolute Gasteiger partial charge is 0.372 e. The van der Waals surface area contributed by atoms with Gasteiger partial charge in [0, 0.05) is 22.5 Å². The van der Waals surface area contributed by atoms with E-state index in [0.717, 1.165) is 24.0 Å². The van der Waals surface area contributed by atoms with Crippen LogP contribution in [0.15, 0.2) is 194 Å². The first-order valence-corrected chi connectivity index (χ1v) is 20.0. The second-order valence-corrected chi connectivity index (χ2v) is 15.7. The van der Waals surface area contributed by atoms with Crippen LogP contribution in [0.3, 0.4) is 0 Å². The Morgan fingerprint density at radius 1 is 0.526 bits per heavy atom. The van der Waals surface area contributed by atoms with Gasteiger partial charge in [0.1, 0.15) is 0 Å². The molecular formula is C55H47NO. The van der Waals surface area contributed by atoms with Crippen molar-refractivity contribution >= 4 is 23.0 Å². The predicted molar refractivity (Wildman–Crippen MR) is 240 cm³/mol. The van der Waals surface area contributed by atoms with Gasteiger partial charge in [0.2, 0.25) is 0 Å². The smallest absolute Gasteiger partial charge is 0.0721 e. The lowest BCUT2D eigenvalue weighted by Gasteiger charge is -2.31. The Bertz CT molecular complexity index is 2630. The molecule has 2 heteroatoms. The topological polar surface area (TPSA) is 12.5 Å². The quantitative estimate of drug-likeness (QED) is 0.131. The Kier molecular flexibility index (Phi) is 9.88. The molecule has 0 heterocycles. The highest BCUT2D eigenvalue weighted by Gasteiger charge is 2.36. The number of anilines is 2. The van der Waals surface area contributed by atoms with E-state index in [0.29, 0.717) is 13.2 Å². The maximum Gasteiger partial charge on any atom is 0.0721 e. The third kappa shape index (κ3) is 7.33. The molecule has 278 valence electrons. The molecule has 2 aliphatic carbocycles. The molecule has 57 heavy (non-hydrogen) atoms. The van der Waals surface area contributed by atoms with E-state index < -0.39 is 0 Å². The van der Waals surface area contributed by atoms with Gasteiger partial charge in [-0.15, -0.1) is 0 Å². The van der Waals surface area contributed by atoms with Crippen molar-refractivity contribution in [1.82, 2.24) is 0 Å². The predicted octanol–water partition coefficient (Wildman–Crippen LogP) is 14.6. The van der Waals surface area contributed by atoms with Gasteiger partial charge in [-0.3, -0.25) is 0 Å². The summed E-state index contributed by atoms with van der Waals surface area (Å²) in [7, 11) is 0. The van der Waals surface area contributed by atoms with Crippen molar-refractivity contribution in [3.05, 3.63) is 228 Å². The second-order valence-electron chi connectivity index (χ2n) is 15.7. The van der Waals surface area contributed by atoms with E-state index in [2.05, 4.69) is 207 Å². The highest BCUT2D eigenvalue weighted by molar-refractivity contribution is 5.85. The van der Waals surface area contributed by atoms with Gasteiger partial charge in [0.05, 0.1) is 13.2 Å². The number of fused-ring (bicyclic) bond motifs is 3. The molecule has 0 saturated heterocycles. The standard InChI is InChI=1S/C55H47NO/c1-4-39-20-22-40(23-21-39)37-57-38-41-12-10-15-45(34-41)47-17-11-16-46(35-47)44-26-30-49(31-27-44)56(48-28-24-43(25-29-48)42-13-6-5-7-14-42)50-32-33-52-51-18-8-9-19-53(51)55(2,3)54(52)36-50/h4-26,28-30,32-36H,1,27,31,37-38H2,2-3H3. The van der Waals surface area contributed by atoms with Gasteiger partial charge in [-0.1, -0.05) is 166 Å². The number of hydrogen-bond donors (Lipinski definition) is 0. The minimum Gasteiger partial charge on any atom is -0.372 e. The molecule has 0 aromatic heterocycles. The fourth-order valence-electron chi connectivity index (χ4n) is 8.57. The normalized spacial score (nSPS) is 13.9. The van der Waals surface area contributed by atoms with Gasteiger partial charge >= 0.3 is 0 Å². The zero-order chi connectivity index (χ0) is 38.8. The van der Waals surface area contributed by atoms with Crippen LogP contribution in [0.25, 0.3) is 45.0 Å². The zero-order valence-corrected chi connectivity index (χ0v) is 32.8. The summed E-state index contributed by atoms with van der Waals surface area (Å²) < 4.78 is 6.11. The zero-order valence-electron chi connectivity index (χ0n) is 32.8. The molecule has 0 atom stereocenters. The molecule has 0 aliphatic heterocycles. The second kappa shape index (κ2) is 15.6. The Balaban J connectivity index is 0.995. The van der Waals surface area contributed by atoms with Crippen LogP contribution in [0.2, 0.25) is 0 Å². The molecule has 7 aromatic carbocycles. The summed E-state index contributed by atoms with van der Waals surface area (Å²) in [4.78, 5) is 2.47. The first-order chi connectivity index (χ1) is 27.9. The van der Waals surface area contributed by atoms with Crippen LogP contribution in [0.5, 0.6) is 0 Å². The Morgan fingerprint density at radius 3 is 1.95 bits per heavy atom.